The first-order valence-corrected chi connectivity index (χ1v) is 7.94. The molecule has 0 radical (unpaired) electrons. The molecule has 2 rings (SSSR count). The number of methoxy groups -OCH3 is 1. The quantitative estimate of drug-likeness (QED) is 0.693. The van der Waals surface area contributed by atoms with Crippen LogP contribution in [0.1, 0.15) is 24.4 Å². The minimum Gasteiger partial charge on any atom is -0.497 e. The van der Waals surface area contributed by atoms with Gasteiger partial charge in [0, 0.05) is 6.54 Å². The molecule has 6 nitrogen and oxygen atoms in total. The minimum atomic E-state index is -0.845. The van der Waals surface area contributed by atoms with Crippen molar-refractivity contribution in [3.05, 3.63) is 54.0 Å². The Bertz CT molecular complexity index is 610. The van der Waals surface area contributed by atoms with Crippen LogP contribution >= 0.6 is 0 Å². The molecule has 1 aromatic heterocycles. The molecular weight excluding hydrogens is 308 g/mol. The second-order valence-electron chi connectivity index (χ2n) is 5.78. The Balaban J connectivity index is 1.66. The summed E-state index contributed by atoms with van der Waals surface area (Å²) in [5.74, 6) is 1.56. The van der Waals surface area contributed by atoms with E-state index in [2.05, 4.69) is 17.6 Å². The van der Waals surface area contributed by atoms with Crippen LogP contribution in [-0.4, -0.2) is 31.3 Å². The lowest BCUT2D eigenvalue weighted by atomic mass is 10.0. The number of benzene rings is 1. The fourth-order valence-electron chi connectivity index (χ4n) is 2.34. The topological polar surface area (TPSA) is 83.7 Å². The molecule has 2 unspecified atom stereocenters. The number of amides is 2. The molecule has 2 amide bonds. The number of urea groups is 1. The van der Waals surface area contributed by atoms with Gasteiger partial charge in [-0.3, -0.25) is 0 Å². The summed E-state index contributed by atoms with van der Waals surface area (Å²) in [7, 11) is 1.64. The van der Waals surface area contributed by atoms with Crippen LogP contribution in [0, 0.1) is 5.92 Å². The van der Waals surface area contributed by atoms with Gasteiger partial charge in [-0.05, 0) is 42.2 Å². The maximum atomic E-state index is 11.8. The van der Waals surface area contributed by atoms with Crippen LogP contribution in [0.3, 0.4) is 0 Å². The number of aliphatic hydroxyl groups excluding tert-OH is 1. The Kier molecular flexibility index (Phi) is 6.69. The van der Waals surface area contributed by atoms with Crippen LogP contribution in [0.5, 0.6) is 5.75 Å². The van der Waals surface area contributed by atoms with Crippen molar-refractivity contribution >= 4 is 6.03 Å². The van der Waals surface area contributed by atoms with Crippen molar-refractivity contribution in [2.45, 2.75) is 19.4 Å². The lowest BCUT2D eigenvalue weighted by Gasteiger charge is -2.14. The predicted octanol–water partition coefficient (Wildman–Crippen LogP) is 2.50. The van der Waals surface area contributed by atoms with E-state index in [0.29, 0.717) is 18.2 Å². The maximum absolute atomic E-state index is 11.8. The normalized spacial score (nSPS) is 13.1. The van der Waals surface area contributed by atoms with Crippen LogP contribution in [0.25, 0.3) is 0 Å². The van der Waals surface area contributed by atoms with Gasteiger partial charge in [0.2, 0.25) is 0 Å². The smallest absolute Gasteiger partial charge is 0.314 e. The van der Waals surface area contributed by atoms with Gasteiger partial charge >= 0.3 is 6.03 Å². The molecule has 3 N–H and O–H groups in total. The average molecular weight is 332 g/mol. The van der Waals surface area contributed by atoms with Crippen molar-refractivity contribution in [2.24, 2.45) is 5.92 Å². The molecule has 24 heavy (non-hydrogen) atoms. The zero-order valence-corrected chi connectivity index (χ0v) is 14.0. The summed E-state index contributed by atoms with van der Waals surface area (Å²) < 4.78 is 10.2. The standard InChI is InChI=1S/C18H24N2O4/c1-13(10-14-5-7-15(23-2)8-6-14)11-19-18(22)20-12-16(21)17-4-3-9-24-17/h3-9,13,16,21H,10-12H2,1-2H3,(H2,19,20,22). The molecule has 0 aliphatic heterocycles. The van der Waals surface area contributed by atoms with Gasteiger partial charge < -0.3 is 24.9 Å². The Morgan fingerprint density at radius 3 is 2.54 bits per heavy atom. The molecule has 0 fully saturated rings. The van der Waals surface area contributed by atoms with Crippen LogP contribution in [0.2, 0.25) is 0 Å². The number of hydrogen-bond donors (Lipinski definition) is 3. The van der Waals surface area contributed by atoms with E-state index in [4.69, 9.17) is 9.15 Å². The van der Waals surface area contributed by atoms with E-state index in [1.807, 2.05) is 24.3 Å². The number of carbonyl (C=O) groups is 1. The van der Waals surface area contributed by atoms with E-state index >= 15 is 0 Å². The van der Waals surface area contributed by atoms with Crippen molar-refractivity contribution in [1.29, 1.82) is 0 Å². The zero-order chi connectivity index (χ0) is 17.4. The molecule has 0 bridgehead atoms. The molecule has 2 atom stereocenters. The number of rotatable bonds is 8. The summed E-state index contributed by atoms with van der Waals surface area (Å²) in [4.78, 5) is 11.8. The maximum Gasteiger partial charge on any atom is 0.314 e. The van der Waals surface area contributed by atoms with Crippen molar-refractivity contribution in [1.82, 2.24) is 10.6 Å². The van der Waals surface area contributed by atoms with Gasteiger partial charge in [-0.2, -0.15) is 0 Å². The Morgan fingerprint density at radius 1 is 1.21 bits per heavy atom. The van der Waals surface area contributed by atoms with E-state index in [1.165, 1.54) is 11.8 Å². The van der Waals surface area contributed by atoms with Gasteiger partial charge in [0.05, 0.1) is 19.9 Å². The molecule has 0 aliphatic carbocycles. The molecule has 6 heteroatoms. The summed E-state index contributed by atoms with van der Waals surface area (Å²) in [6, 6.07) is 11.0. The number of ether oxygens (including phenoxy) is 1. The van der Waals surface area contributed by atoms with E-state index in [0.717, 1.165) is 12.2 Å². The number of aliphatic hydroxyl groups is 1. The van der Waals surface area contributed by atoms with Gasteiger partial charge in [-0.1, -0.05) is 19.1 Å². The third-order valence-electron chi connectivity index (χ3n) is 3.68. The molecule has 0 spiro atoms. The van der Waals surface area contributed by atoms with Crippen molar-refractivity contribution in [2.75, 3.05) is 20.2 Å². The summed E-state index contributed by atoms with van der Waals surface area (Å²) in [5.41, 5.74) is 1.19. The van der Waals surface area contributed by atoms with Crippen LogP contribution in [0.4, 0.5) is 4.79 Å². The van der Waals surface area contributed by atoms with Crippen molar-refractivity contribution in [3.63, 3.8) is 0 Å². The Hall–Kier alpha value is -2.47. The van der Waals surface area contributed by atoms with Crippen molar-refractivity contribution in [3.8, 4) is 5.75 Å². The third-order valence-corrected chi connectivity index (χ3v) is 3.68. The first-order valence-electron chi connectivity index (χ1n) is 7.94. The van der Waals surface area contributed by atoms with Gasteiger partial charge in [0.15, 0.2) is 0 Å². The second-order valence-corrected chi connectivity index (χ2v) is 5.78. The second kappa shape index (κ2) is 8.98. The number of hydrogen-bond acceptors (Lipinski definition) is 4. The Morgan fingerprint density at radius 2 is 1.92 bits per heavy atom. The van der Waals surface area contributed by atoms with Crippen LogP contribution < -0.4 is 15.4 Å². The lowest BCUT2D eigenvalue weighted by Crippen LogP contribution is -2.39. The molecule has 130 valence electrons. The zero-order valence-electron chi connectivity index (χ0n) is 14.0. The van der Waals surface area contributed by atoms with Gasteiger partial charge in [-0.15, -0.1) is 0 Å². The lowest BCUT2D eigenvalue weighted by molar-refractivity contribution is 0.148. The summed E-state index contributed by atoms with van der Waals surface area (Å²) in [5, 5.41) is 15.3. The summed E-state index contributed by atoms with van der Waals surface area (Å²) in [6.45, 7) is 2.73. The van der Waals surface area contributed by atoms with Gasteiger partial charge in [-0.25, -0.2) is 4.79 Å². The molecule has 0 saturated heterocycles. The fraction of sp³-hybridized carbons (Fsp3) is 0.389. The fourth-order valence-corrected chi connectivity index (χ4v) is 2.34. The van der Waals surface area contributed by atoms with Crippen LogP contribution in [-0.2, 0) is 6.42 Å². The average Bonchev–Trinajstić information content (AvgIpc) is 3.13. The minimum absolute atomic E-state index is 0.103. The largest absolute Gasteiger partial charge is 0.497 e. The monoisotopic (exact) mass is 332 g/mol. The van der Waals surface area contributed by atoms with E-state index < -0.39 is 6.10 Å². The first-order chi connectivity index (χ1) is 11.6. The first kappa shape index (κ1) is 17.9. The summed E-state index contributed by atoms with van der Waals surface area (Å²) in [6.07, 6.45) is 1.50. The number of nitrogens with one attached hydrogen (secondary N) is 2. The van der Waals surface area contributed by atoms with E-state index in [-0.39, 0.29) is 12.6 Å². The summed E-state index contributed by atoms with van der Waals surface area (Å²) >= 11 is 0. The van der Waals surface area contributed by atoms with Crippen molar-refractivity contribution < 1.29 is 19.1 Å². The number of carbonyl (C=O) groups excluding carboxylic acids is 1. The molecule has 1 heterocycles. The van der Waals surface area contributed by atoms with Gasteiger partial charge in [0.1, 0.15) is 17.6 Å². The molecular formula is C18H24N2O4. The third kappa shape index (κ3) is 5.62. The Labute approximate surface area is 141 Å². The molecule has 1 aromatic carbocycles. The molecule has 2 aromatic rings. The molecule has 0 saturated carbocycles. The highest BCUT2D eigenvalue weighted by atomic mass is 16.5. The highest BCUT2D eigenvalue weighted by Gasteiger charge is 2.12. The molecule has 0 aliphatic rings. The highest BCUT2D eigenvalue weighted by Crippen LogP contribution is 2.14. The van der Waals surface area contributed by atoms with Crippen LogP contribution in [0.15, 0.2) is 47.1 Å². The highest BCUT2D eigenvalue weighted by molar-refractivity contribution is 5.73. The van der Waals surface area contributed by atoms with E-state index in [9.17, 15) is 9.90 Å². The predicted molar refractivity (Wildman–Crippen MR) is 90.9 cm³/mol. The van der Waals surface area contributed by atoms with Gasteiger partial charge in [0.25, 0.3) is 0 Å². The SMILES string of the molecule is COc1ccc(CC(C)CNC(=O)NCC(O)c2ccco2)cc1. The van der Waals surface area contributed by atoms with E-state index in [1.54, 1.807) is 19.2 Å². The number of furan rings is 1.